The molecule has 0 radical (unpaired) electrons. The monoisotopic (exact) mass is 424 g/mol. The first-order valence-electron chi connectivity index (χ1n) is 8.91. The van der Waals surface area contributed by atoms with E-state index in [-0.39, 0.29) is 6.04 Å². The van der Waals surface area contributed by atoms with Crippen LogP contribution in [0.4, 0.5) is 5.69 Å². The number of sulfonamides is 1. The highest BCUT2D eigenvalue weighted by molar-refractivity contribution is 7.92. The summed E-state index contributed by atoms with van der Waals surface area (Å²) in [7, 11) is -3.69. The van der Waals surface area contributed by atoms with E-state index in [1.54, 1.807) is 25.1 Å². The maximum Gasteiger partial charge on any atom is 0.244 e. The number of ether oxygens (including phenoxy) is 1. The van der Waals surface area contributed by atoms with Crippen LogP contribution in [0.15, 0.2) is 48.5 Å². The summed E-state index contributed by atoms with van der Waals surface area (Å²) in [6, 6.07) is 12.6. The van der Waals surface area contributed by atoms with Crippen molar-refractivity contribution in [1.29, 1.82) is 0 Å². The normalized spacial score (nSPS) is 13.5. The standard InChI is InChI=1S/C20H25ClN2O4S/c1-5-27-19-11-9-16(10-12-19)14(2)22-20(24)15(3)23(28(4,25)26)18-8-6-7-17(21)13-18/h6-15H,5H2,1-4H3,(H,22,24)/t14-,15+/m1/s1. The molecular formula is C20H25ClN2O4S. The Hall–Kier alpha value is -2.25. The van der Waals surface area contributed by atoms with E-state index in [1.807, 2.05) is 38.1 Å². The van der Waals surface area contributed by atoms with Gasteiger partial charge in [-0.2, -0.15) is 0 Å². The summed E-state index contributed by atoms with van der Waals surface area (Å²) >= 11 is 5.99. The highest BCUT2D eigenvalue weighted by atomic mass is 35.5. The summed E-state index contributed by atoms with van der Waals surface area (Å²) in [5.74, 6) is 0.342. The van der Waals surface area contributed by atoms with E-state index < -0.39 is 22.0 Å². The molecule has 0 saturated carbocycles. The Morgan fingerprint density at radius 2 is 1.82 bits per heavy atom. The van der Waals surface area contributed by atoms with Crippen LogP contribution in [0.25, 0.3) is 0 Å². The fourth-order valence-corrected chi connectivity index (χ4v) is 4.21. The Morgan fingerprint density at radius 1 is 1.18 bits per heavy atom. The Labute approximate surface area is 171 Å². The van der Waals surface area contributed by atoms with Crippen LogP contribution >= 0.6 is 11.6 Å². The van der Waals surface area contributed by atoms with Crippen LogP contribution < -0.4 is 14.4 Å². The van der Waals surface area contributed by atoms with Crippen molar-refractivity contribution in [2.75, 3.05) is 17.2 Å². The Kier molecular flexibility index (Phi) is 7.32. The molecule has 0 heterocycles. The minimum absolute atomic E-state index is 0.300. The molecule has 2 aromatic rings. The molecule has 0 aliphatic carbocycles. The number of rotatable bonds is 8. The molecule has 2 atom stereocenters. The van der Waals surface area contributed by atoms with Crippen molar-refractivity contribution in [3.8, 4) is 5.75 Å². The molecule has 2 rings (SSSR count). The number of benzene rings is 2. The zero-order valence-electron chi connectivity index (χ0n) is 16.3. The second kappa shape index (κ2) is 9.30. The predicted molar refractivity (Wildman–Crippen MR) is 112 cm³/mol. The SMILES string of the molecule is CCOc1ccc([C@@H](C)NC(=O)[C@H](C)N(c2cccc(Cl)c2)S(C)(=O)=O)cc1. The smallest absolute Gasteiger partial charge is 0.244 e. The van der Waals surface area contributed by atoms with E-state index in [2.05, 4.69) is 5.32 Å². The number of hydrogen-bond donors (Lipinski definition) is 1. The predicted octanol–water partition coefficient (Wildman–Crippen LogP) is 3.77. The van der Waals surface area contributed by atoms with Crippen LogP contribution in [-0.2, 0) is 14.8 Å². The second-order valence-electron chi connectivity index (χ2n) is 6.45. The molecule has 1 amide bonds. The van der Waals surface area contributed by atoms with Crippen molar-refractivity contribution in [2.24, 2.45) is 0 Å². The first-order chi connectivity index (χ1) is 13.1. The summed E-state index contributed by atoms with van der Waals surface area (Å²) in [5, 5.41) is 3.26. The number of amides is 1. The van der Waals surface area contributed by atoms with Gasteiger partial charge < -0.3 is 10.1 Å². The van der Waals surface area contributed by atoms with Gasteiger partial charge in [-0.25, -0.2) is 8.42 Å². The zero-order valence-corrected chi connectivity index (χ0v) is 17.9. The van der Waals surface area contributed by atoms with Crippen molar-refractivity contribution in [1.82, 2.24) is 5.32 Å². The minimum atomic E-state index is -3.69. The third-order valence-electron chi connectivity index (χ3n) is 4.20. The Balaban J connectivity index is 2.18. The van der Waals surface area contributed by atoms with Crippen LogP contribution in [0.2, 0.25) is 5.02 Å². The van der Waals surface area contributed by atoms with Crippen LogP contribution in [0, 0.1) is 0 Å². The topological polar surface area (TPSA) is 75.7 Å². The molecule has 2 aromatic carbocycles. The highest BCUT2D eigenvalue weighted by Gasteiger charge is 2.30. The van der Waals surface area contributed by atoms with Gasteiger partial charge in [-0.05, 0) is 56.7 Å². The van der Waals surface area contributed by atoms with Crippen molar-refractivity contribution < 1.29 is 17.9 Å². The summed E-state index contributed by atoms with van der Waals surface area (Å²) in [6.45, 7) is 5.87. The fourth-order valence-electron chi connectivity index (χ4n) is 2.86. The van der Waals surface area contributed by atoms with Gasteiger partial charge >= 0.3 is 0 Å². The summed E-state index contributed by atoms with van der Waals surface area (Å²) < 4.78 is 31.2. The van der Waals surface area contributed by atoms with E-state index in [1.165, 1.54) is 6.07 Å². The van der Waals surface area contributed by atoms with Gasteiger partial charge in [0.05, 0.1) is 24.6 Å². The molecule has 0 bridgehead atoms. The largest absolute Gasteiger partial charge is 0.494 e. The van der Waals surface area contributed by atoms with Gasteiger partial charge in [0.25, 0.3) is 0 Å². The van der Waals surface area contributed by atoms with Gasteiger partial charge in [-0.15, -0.1) is 0 Å². The van der Waals surface area contributed by atoms with Crippen LogP contribution in [-0.4, -0.2) is 33.2 Å². The van der Waals surface area contributed by atoms with Gasteiger partial charge in [0.1, 0.15) is 11.8 Å². The number of anilines is 1. The van der Waals surface area contributed by atoms with Gasteiger partial charge in [0.15, 0.2) is 0 Å². The lowest BCUT2D eigenvalue weighted by Gasteiger charge is -2.29. The van der Waals surface area contributed by atoms with Gasteiger partial charge in [-0.3, -0.25) is 9.10 Å². The average molecular weight is 425 g/mol. The molecule has 0 fully saturated rings. The first kappa shape index (κ1) is 22.0. The number of carbonyl (C=O) groups is 1. The molecule has 28 heavy (non-hydrogen) atoms. The fraction of sp³-hybridized carbons (Fsp3) is 0.350. The third kappa shape index (κ3) is 5.62. The van der Waals surface area contributed by atoms with E-state index in [0.29, 0.717) is 17.3 Å². The number of halogens is 1. The van der Waals surface area contributed by atoms with Crippen molar-refractivity contribution in [3.05, 3.63) is 59.1 Å². The summed E-state index contributed by atoms with van der Waals surface area (Å²) in [6.07, 6.45) is 1.06. The molecule has 0 aliphatic heterocycles. The number of nitrogens with one attached hydrogen (secondary N) is 1. The number of nitrogens with zero attached hydrogens (tertiary/aromatic N) is 1. The van der Waals surface area contributed by atoms with Crippen molar-refractivity contribution >= 4 is 33.2 Å². The Bertz CT molecular complexity index is 916. The van der Waals surface area contributed by atoms with E-state index in [9.17, 15) is 13.2 Å². The van der Waals surface area contributed by atoms with Gasteiger partial charge in [-0.1, -0.05) is 29.8 Å². The summed E-state index contributed by atoms with van der Waals surface area (Å²) in [5.41, 5.74) is 1.23. The van der Waals surface area contributed by atoms with E-state index in [4.69, 9.17) is 16.3 Å². The van der Waals surface area contributed by atoms with Gasteiger partial charge in [0, 0.05) is 5.02 Å². The molecule has 0 aliphatic rings. The highest BCUT2D eigenvalue weighted by Crippen LogP contribution is 2.25. The lowest BCUT2D eigenvalue weighted by atomic mass is 10.1. The molecule has 1 N–H and O–H groups in total. The minimum Gasteiger partial charge on any atom is -0.494 e. The first-order valence-corrected chi connectivity index (χ1v) is 11.1. The van der Waals surface area contributed by atoms with E-state index >= 15 is 0 Å². The molecule has 8 heteroatoms. The lowest BCUT2D eigenvalue weighted by Crippen LogP contribution is -2.48. The molecule has 6 nitrogen and oxygen atoms in total. The van der Waals surface area contributed by atoms with Crippen LogP contribution in [0.3, 0.4) is 0 Å². The molecule has 0 saturated heterocycles. The van der Waals surface area contributed by atoms with Crippen molar-refractivity contribution in [2.45, 2.75) is 32.9 Å². The number of carbonyl (C=O) groups excluding carboxylic acids is 1. The third-order valence-corrected chi connectivity index (χ3v) is 5.68. The second-order valence-corrected chi connectivity index (χ2v) is 8.74. The molecule has 0 spiro atoms. The van der Waals surface area contributed by atoms with E-state index in [0.717, 1.165) is 21.9 Å². The zero-order chi connectivity index (χ0) is 20.9. The lowest BCUT2D eigenvalue weighted by molar-refractivity contribution is -0.122. The molecule has 0 aromatic heterocycles. The quantitative estimate of drug-likeness (QED) is 0.699. The molecular weight excluding hydrogens is 400 g/mol. The summed E-state index contributed by atoms with van der Waals surface area (Å²) in [4.78, 5) is 12.8. The number of hydrogen-bond acceptors (Lipinski definition) is 4. The van der Waals surface area contributed by atoms with Crippen molar-refractivity contribution in [3.63, 3.8) is 0 Å². The molecule has 152 valence electrons. The molecule has 0 unspecified atom stereocenters. The average Bonchev–Trinajstić information content (AvgIpc) is 2.61. The Morgan fingerprint density at radius 3 is 2.36 bits per heavy atom. The maximum absolute atomic E-state index is 12.8. The van der Waals surface area contributed by atoms with Crippen LogP contribution in [0.5, 0.6) is 5.75 Å². The maximum atomic E-state index is 12.8. The van der Waals surface area contributed by atoms with Gasteiger partial charge in [0.2, 0.25) is 15.9 Å². The van der Waals surface area contributed by atoms with Crippen LogP contribution in [0.1, 0.15) is 32.4 Å².